The van der Waals surface area contributed by atoms with Crippen LogP contribution in [-0.4, -0.2) is 35.4 Å². The highest BCUT2D eigenvalue weighted by atomic mass is 32.1. The van der Waals surface area contributed by atoms with Crippen molar-refractivity contribution in [3.8, 4) is 0 Å². The van der Waals surface area contributed by atoms with Crippen LogP contribution in [0.1, 0.15) is 109 Å². The van der Waals surface area contributed by atoms with E-state index < -0.39 is 6.04 Å². The molecule has 2 atom stereocenters. The second kappa shape index (κ2) is 24.2. The molecule has 1 aliphatic carbocycles. The van der Waals surface area contributed by atoms with Gasteiger partial charge in [-0.1, -0.05) is 101 Å². The number of rotatable bonds is 22. The maximum atomic E-state index is 13.1. The number of nitrogens with one attached hydrogen (secondary N) is 3. The highest BCUT2D eigenvalue weighted by molar-refractivity contribution is 7.15. The van der Waals surface area contributed by atoms with Crippen LogP contribution in [0.5, 0.6) is 0 Å². The van der Waals surface area contributed by atoms with Crippen LogP contribution in [0.3, 0.4) is 0 Å². The predicted molar refractivity (Wildman–Crippen MR) is 194 cm³/mol. The monoisotopic (exact) mass is 634 g/mol. The summed E-state index contributed by atoms with van der Waals surface area (Å²) in [6.45, 7) is 9.49. The first-order valence-corrected chi connectivity index (χ1v) is 18.0. The minimum Gasteiger partial charge on any atom is -0.344 e. The van der Waals surface area contributed by atoms with Crippen LogP contribution >= 0.6 is 11.3 Å². The Morgan fingerprint density at radius 1 is 0.867 bits per heavy atom. The fraction of sp³-hybridized carbons (Fsp3) is 0.553. The molecule has 2 amide bonds. The summed E-state index contributed by atoms with van der Waals surface area (Å²) >= 11 is 1.57. The molecule has 0 aromatic carbocycles. The Morgan fingerprint density at radius 3 is 2.00 bits per heavy atom. The first-order chi connectivity index (χ1) is 21.9. The van der Waals surface area contributed by atoms with E-state index in [1.807, 2.05) is 6.08 Å². The topological polar surface area (TPSA) is 83.1 Å². The number of aryl methyl sites for hydroxylation is 1. The molecule has 0 radical (unpaired) electrons. The highest BCUT2D eigenvalue weighted by Gasteiger charge is 2.26. The summed E-state index contributed by atoms with van der Waals surface area (Å²) < 4.78 is 0. The van der Waals surface area contributed by atoms with Gasteiger partial charge in [-0.15, -0.1) is 11.3 Å². The molecule has 7 heteroatoms. The van der Waals surface area contributed by atoms with Crippen LogP contribution in [0.15, 0.2) is 72.9 Å². The second-order valence-corrected chi connectivity index (χ2v) is 13.1. The number of carbonyl (C=O) groups excluding carboxylic acids is 2. The van der Waals surface area contributed by atoms with E-state index in [4.69, 9.17) is 4.98 Å². The number of hydrogen-bond donors (Lipinski definition) is 3. The van der Waals surface area contributed by atoms with Crippen molar-refractivity contribution in [3.05, 3.63) is 83.5 Å². The van der Waals surface area contributed by atoms with Crippen molar-refractivity contribution in [1.82, 2.24) is 15.6 Å². The molecule has 6 nitrogen and oxygen atoms in total. The zero-order valence-corrected chi connectivity index (χ0v) is 29.0. The minimum absolute atomic E-state index is 0.0985. The van der Waals surface area contributed by atoms with E-state index in [0.717, 1.165) is 76.4 Å². The van der Waals surface area contributed by atoms with E-state index in [0.29, 0.717) is 30.4 Å². The average Bonchev–Trinajstić information content (AvgIpc) is 3.42. The Bertz CT molecular complexity index is 1160. The van der Waals surface area contributed by atoms with E-state index in [-0.39, 0.29) is 17.7 Å². The van der Waals surface area contributed by atoms with Crippen molar-refractivity contribution in [1.29, 1.82) is 0 Å². The van der Waals surface area contributed by atoms with Gasteiger partial charge in [-0.25, -0.2) is 4.98 Å². The maximum Gasteiger partial charge on any atom is 0.248 e. The van der Waals surface area contributed by atoms with Crippen LogP contribution in [-0.2, 0) is 22.4 Å². The molecule has 0 saturated heterocycles. The number of fused-ring (bicyclic) bond motifs is 1. The third kappa shape index (κ3) is 17.9. The molecular formula is C38H58N4O2S. The van der Waals surface area contributed by atoms with Crippen LogP contribution < -0.4 is 16.0 Å². The Morgan fingerprint density at radius 2 is 1.44 bits per heavy atom. The van der Waals surface area contributed by atoms with Gasteiger partial charge in [-0.2, -0.15) is 0 Å². The van der Waals surface area contributed by atoms with Crippen molar-refractivity contribution in [2.75, 3.05) is 11.9 Å². The van der Waals surface area contributed by atoms with Gasteiger partial charge in [0.2, 0.25) is 11.8 Å². The van der Waals surface area contributed by atoms with Crippen molar-refractivity contribution < 1.29 is 9.59 Å². The normalized spacial score (nSPS) is 16.3. The summed E-state index contributed by atoms with van der Waals surface area (Å²) in [4.78, 5) is 31.8. The molecule has 45 heavy (non-hydrogen) atoms. The van der Waals surface area contributed by atoms with Crippen molar-refractivity contribution >= 4 is 28.3 Å². The lowest BCUT2D eigenvalue weighted by molar-refractivity contribution is -0.126. The molecular weight excluding hydrogens is 577 g/mol. The molecule has 3 N–H and O–H groups in total. The summed E-state index contributed by atoms with van der Waals surface area (Å²) in [5.74, 6) is -0.00402. The molecule has 0 fully saturated rings. The first-order valence-electron chi connectivity index (χ1n) is 17.1. The lowest BCUT2D eigenvalue weighted by Gasteiger charge is -2.21. The number of carbonyl (C=O) groups is 2. The smallest absolute Gasteiger partial charge is 0.248 e. The Balaban J connectivity index is 1.64. The predicted octanol–water partition coefficient (Wildman–Crippen LogP) is 8.95. The van der Waals surface area contributed by atoms with Gasteiger partial charge >= 0.3 is 0 Å². The third-order valence-corrected chi connectivity index (χ3v) is 8.38. The van der Waals surface area contributed by atoms with Gasteiger partial charge in [-0.3, -0.25) is 9.59 Å². The molecule has 248 valence electrons. The van der Waals surface area contributed by atoms with Crippen LogP contribution in [0.2, 0.25) is 0 Å². The zero-order valence-electron chi connectivity index (χ0n) is 28.2. The second-order valence-electron chi connectivity index (χ2n) is 12.0. The SMILES string of the molecule is CCC=CCC=CCC=CCC=CCC=CCC=CCCC(=O)NC(CC(C)C)C(=O)Nc1nc2c(s1)CC(NCCC)CC2. The number of allylic oxidation sites excluding steroid dienone is 12. The fourth-order valence-corrected chi connectivity index (χ4v) is 6.06. The van der Waals surface area contributed by atoms with E-state index in [2.05, 4.69) is 110 Å². The standard InChI is InChI=1S/C38H58N4O2S/c1-5-7-8-9-10-11-12-13-14-15-16-17-18-19-20-21-22-23-24-25-36(43)40-34(29-31(3)4)37(44)42-38-41-33-27-26-32(39-28-6-2)30-35(33)45-38/h7-8,10-11,13-14,16-17,19-20,22-23,31-32,34,39H,5-6,9,12,15,18,21,24-30H2,1-4H3,(H,40,43)(H,41,42,44). The van der Waals surface area contributed by atoms with Crippen molar-refractivity contribution in [3.63, 3.8) is 0 Å². The van der Waals surface area contributed by atoms with Crippen LogP contribution in [0.4, 0.5) is 5.13 Å². The molecule has 2 rings (SSSR count). The molecule has 2 unspecified atom stereocenters. The number of hydrogen-bond acceptors (Lipinski definition) is 5. The van der Waals surface area contributed by atoms with Crippen LogP contribution in [0, 0.1) is 5.92 Å². The molecule has 1 aliphatic rings. The molecule has 0 bridgehead atoms. The number of aromatic nitrogens is 1. The molecule has 0 aliphatic heterocycles. The van der Waals surface area contributed by atoms with Gasteiger partial charge in [-0.05, 0) is 89.5 Å². The van der Waals surface area contributed by atoms with E-state index >= 15 is 0 Å². The summed E-state index contributed by atoms with van der Waals surface area (Å²) in [5, 5.41) is 10.2. The first kappa shape index (κ1) is 38.2. The quantitative estimate of drug-likeness (QED) is 0.111. The van der Waals surface area contributed by atoms with Gasteiger partial charge in [0, 0.05) is 17.3 Å². The summed E-state index contributed by atoms with van der Waals surface area (Å²) in [7, 11) is 0. The average molecular weight is 635 g/mol. The van der Waals surface area contributed by atoms with Crippen LogP contribution in [0.25, 0.3) is 0 Å². The fourth-order valence-electron chi connectivity index (χ4n) is 4.97. The van der Waals surface area contributed by atoms with Gasteiger partial charge in [0.1, 0.15) is 6.04 Å². The largest absolute Gasteiger partial charge is 0.344 e. The third-order valence-electron chi connectivity index (χ3n) is 7.35. The van der Waals surface area contributed by atoms with E-state index in [9.17, 15) is 9.59 Å². The van der Waals surface area contributed by atoms with E-state index in [1.54, 1.807) is 11.3 Å². The summed E-state index contributed by atoms with van der Waals surface area (Å²) in [5.41, 5.74) is 1.10. The van der Waals surface area contributed by atoms with Gasteiger partial charge in [0.15, 0.2) is 5.13 Å². The highest BCUT2D eigenvalue weighted by Crippen LogP contribution is 2.30. The summed E-state index contributed by atoms with van der Waals surface area (Å²) in [6, 6.07) is -0.0849. The molecule has 1 heterocycles. The minimum atomic E-state index is -0.567. The number of nitrogens with zero attached hydrogens (tertiary/aromatic N) is 1. The van der Waals surface area contributed by atoms with Gasteiger partial charge < -0.3 is 16.0 Å². The van der Waals surface area contributed by atoms with Crippen molar-refractivity contribution in [2.45, 2.75) is 123 Å². The number of amides is 2. The zero-order chi connectivity index (χ0) is 32.5. The lowest BCUT2D eigenvalue weighted by Crippen LogP contribution is -2.44. The lowest BCUT2D eigenvalue weighted by atomic mass is 9.98. The molecule has 1 aromatic rings. The molecule has 0 spiro atoms. The molecule has 1 aromatic heterocycles. The number of anilines is 1. The Kier molecular flexibility index (Phi) is 20.5. The number of thiazole rings is 1. The Labute approximate surface area is 277 Å². The van der Waals surface area contributed by atoms with Gasteiger partial charge in [0.05, 0.1) is 5.69 Å². The van der Waals surface area contributed by atoms with E-state index in [1.165, 1.54) is 4.88 Å². The van der Waals surface area contributed by atoms with Gasteiger partial charge in [0.25, 0.3) is 0 Å². The van der Waals surface area contributed by atoms with Crippen molar-refractivity contribution in [2.24, 2.45) is 5.92 Å². The Hall–Kier alpha value is -3.03. The molecule has 0 saturated carbocycles. The maximum absolute atomic E-state index is 13.1. The summed E-state index contributed by atoms with van der Waals surface area (Å²) in [6.07, 6.45) is 37.6.